The summed E-state index contributed by atoms with van der Waals surface area (Å²) in [5.41, 5.74) is 0. The fourth-order valence-electron chi connectivity index (χ4n) is 0. The Labute approximate surface area is 75.8 Å². The van der Waals surface area contributed by atoms with Gasteiger partial charge in [0.15, 0.2) is 0 Å². The summed E-state index contributed by atoms with van der Waals surface area (Å²) in [7, 11) is 0. The van der Waals surface area contributed by atoms with E-state index in [2.05, 4.69) is 0 Å². The predicted octanol–water partition coefficient (Wildman–Crippen LogP) is -5.45. The molecule has 0 saturated heterocycles. The molecule has 8 heteroatoms. The van der Waals surface area contributed by atoms with Crippen molar-refractivity contribution in [3.63, 3.8) is 0 Å². The van der Waals surface area contributed by atoms with Gasteiger partial charge in [0, 0.05) is 0 Å². The van der Waals surface area contributed by atoms with E-state index in [1.54, 1.807) is 0 Å². The maximum Gasteiger partial charge on any atom is 2.00 e. The Morgan fingerprint density at radius 2 is 0.375 bits per heavy atom. The Kier molecular flexibility index (Phi) is 30200. The van der Waals surface area contributed by atoms with Gasteiger partial charge in [-0.3, -0.25) is 0 Å². The van der Waals surface area contributed by atoms with Gasteiger partial charge in [0.1, 0.15) is 0 Å². The van der Waals surface area contributed by atoms with Gasteiger partial charge in [0.2, 0.25) is 0 Å². The summed E-state index contributed by atoms with van der Waals surface area (Å²) in [5.74, 6) is 0. The second kappa shape index (κ2) is 405. The summed E-state index contributed by atoms with van der Waals surface area (Å²) >= 11 is 0. The molecule has 0 unspecified atom stereocenters. The Hall–Kier alpha value is 0.980. The van der Waals surface area contributed by atoms with Crippen LogP contribution in [0.2, 0.25) is 0 Å². The van der Waals surface area contributed by atoms with E-state index in [4.69, 9.17) is 0 Å². The van der Waals surface area contributed by atoms with E-state index in [0.717, 1.165) is 0 Å². The second-order valence-corrected chi connectivity index (χ2v) is 0. The molecule has 0 atom stereocenters. The van der Waals surface area contributed by atoms with Crippen LogP contribution >= 0.6 is 0 Å². The standard InChI is InChI=1S/Ca.6H2O.O/h;6*1H2;/q+2;;;;;;;-2. The molecular formula is H12CaO7. The molecule has 56 valence electrons. The zero-order valence-electron chi connectivity index (χ0n) is 4.12. The van der Waals surface area contributed by atoms with Crippen molar-refractivity contribution in [3.05, 3.63) is 0 Å². The largest absolute Gasteiger partial charge is 2.00 e. The van der Waals surface area contributed by atoms with Crippen LogP contribution in [-0.4, -0.2) is 70.6 Å². The van der Waals surface area contributed by atoms with Gasteiger partial charge >= 0.3 is 37.7 Å². The molecule has 0 aliphatic carbocycles. The molecule has 0 amide bonds. The molecule has 0 aromatic carbocycles. The van der Waals surface area contributed by atoms with Gasteiger partial charge in [0.25, 0.3) is 0 Å². The van der Waals surface area contributed by atoms with Gasteiger partial charge in [-0.2, -0.15) is 0 Å². The molecule has 12 N–H and O–H groups in total. The Balaban J connectivity index is 0. The Bertz CT molecular complexity index is 4.35. The van der Waals surface area contributed by atoms with E-state index in [-0.39, 0.29) is 76.1 Å². The summed E-state index contributed by atoms with van der Waals surface area (Å²) in [5, 5.41) is 0. The fourth-order valence-corrected chi connectivity index (χ4v) is 0. The SMILES string of the molecule is O.O.O.O.O.O.[Ca+2].[O-2]. The van der Waals surface area contributed by atoms with Crippen LogP contribution in [0.4, 0.5) is 0 Å². The summed E-state index contributed by atoms with van der Waals surface area (Å²) in [6, 6.07) is 0. The third kappa shape index (κ3) is 260. The second-order valence-electron chi connectivity index (χ2n) is 0. The monoisotopic (exact) mass is 164 g/mol. The van der Waals surface area contributed by atoms with Crippen LogP contribution in [0.3, 0.4) is 0 Å². The van der Waals surface area contributed by atoms with Crippen molar-refractivity contribution in [2.24, 2.45) is 0 Å². The minimum Gasteiger partial charge on any atom is -2.00 e. The normalized spacial score (nSPS) is 0. The van der Waals surface area contributed by atoms with Crippen LogP contribution in [-0.2, 0) is 5.48 Å². The van der Waals surface area contributed by atoms with Crippen LogP contribution in [0.5, 0.6) is 0 Å². The molecule has 0 aromatic rings. The van der Waals surface area contributed by atoms with E-state index in [9.17, 15) is 0 Å². The topological polar surface area (TPSA) is 218 Å². The minimum absolute atomic E-state index is 0. The van der Waals surface area contributed by atoms with Gasteiger partial charge in [-0.1, -0.05) is 0 Å². The van der Waals surface area contributed by atoms with E-state index in [1.165, 1.54) is 0 Å². The molecule has 0 aliphatic rings. The van der Waals surface area contributed by atoms with Crippen molar-refractivity contribution >= 4 is 37.7 Å². The molecular weight excluding hydrogens is 152 g/mol. The smallest absolute Gasteiger partial charge is 2.00 e. The average molecular weight is 164 g/mol. The molecule has 0 radical (unpaired) electrons. The molecule has 0 saturated carbocycles. The molecule has 0 aliphatic heterocycles. The quantitative estimate of drug-likeness (QED) is 0.306. The predicted molar refractivity (Wildman–Crippen MR) is 28.1 cm³/mol. The third-order valence-electron chi connectivity index (χ3n) is 0. The molecule has 0 bridgehead atoms. The number of hydrogen-bond acceptors (Lipinski definition) is 0. The van der Waals surface area contributed by atoms with Crippen molar-refractivity contribution in [1.29, 1.82) is 0 Å². The van der Waals surface area contributed by atoms with Crippen LogP contribution in [0.15, 0.2) is 0 Å². The third-order valence-corrected chi connectivity index (χ3v) is 0. The van der Waals surface area contributed by atoms with Gasteiger partial charge in [-0.05, 0) is 0 Å². The van der Waals surface area contributed by atoms with Crippen molar-refractivity contribution < 1.29 is 38.3 Å². The zero-order valence-corrected chi connectivity index (χ0v) is 6.32. The van der Waals surface area contributed by atoms with E-state index in [0.29, 0.717) is 0 Å². The molecule has 8 heavy (non-hydrogen) atoms. The molecule has 7 nitrogen and oxygen atoms in total. The Morgan fingerprint density at radius 3 is 0.375 bits per heavy atom. The Morgan fingerprint density at radius 1 is 0.375 bits per heavy atom. The van der Waals surface area contributed by atoms with Crippen LogP contribution in [0, 0.1) is 0 Å². The van der Waals surface area contributed by atoms with Gasteiger partial charge in [-0.25, -0.2) is 0 Å². The van der Waals surface area contributed by atoms with Gasteiger partial charge in [0.05, 0.1) is 0 Å². The summed E-state index contributed by atoms with van der Waals surface area (Å²) < 4.78 is 0. The van der Waals surface area contributed by atoms with E-state index >= 15 is 0 Å². The summed E-state index contributed by atoms with van der Waals surface area (Å²) in [6.07, 6.45) is 0. The minimum atomic E-state index is 0. The molecule has 0 rings (SSSR count). The van der Waals surface area contributed by atoms with E-state index in [1.807, 2.05) is 0 Å². The van der Waals surface area contributed by atoms with Crippen molar-refractivity contribution in [1.82, 2.24) is 0 Å². The maximum absolute atomic E-state index is 0. The molecule has 0 aromatic heterocycles. The first kappa shape index (κ1) is 596. The first-order chi connectivity index (χ1) is 0. The van der Waals surface area contributed by atoms with Crippen LogP contribution in [0.25, 0.3) is 0 Å². The fraction of sp³-hybridized carbons (Fsp3) is 0. The maximum atomic E-state index is 0. The number of rotatable bonds is 0. The van der Waals surface area contributed by atoms with Crippen LogP contribution in [0.1, 0.15) is 0 Å². The van der Waals surface area contributed by atoms with Gasteiger partial charge in [-0.15, -0.1) is 0 Å². The van der Waals surface area contributed by atoms with Crippen molar-refractivity contribution in [3.8, 4) is 0 Å². The summed E-state index contributed by atoms with van der Waals surface area (Å²) in [6.45, 7) is 0. The molecule has 0 heterocycles. The summed E-state index contributed by atoms with van der Waals surface area (Å²) in [4.78, 5) is 0. The van der Waals surface area contributed by atoms with Crippen LogP contribution < -0.4 is 0 Å². The molecule has 0 fully saturated rings. The number of hydrogen-bond donors (Lipinski definition) is 0. The zero-order chi connectivity index (χ0) is 0. The first-order valence-electron chi connectivity index (χ1n) is 0. The molecule has 0 spiro atoms. The van der Waals surface area contributed by atoms with Crippen molar-refractivity contribution in [2.75, 3.05) is 0 Å². The van der Waals surface area contributed by atoms with E-state index < -0.39 is 0 Å². The first-order valence-corrected chi connectivity index (χ1v) is 0. The van der Waals surface area contributed by atoms with Gasteiger partial charge < -0.3 is 38.3 Å². The van der Waals surface area contributed by atoms with Crippen molar-refractivity contribution in [2.45, 2.75) is 0 Å². The average Bonchev–Trinajstić information content (AvgIpc) is 0.